The first-order chi connectivity index (χ1) is 13.9. The van der Waals surface area contributed by atoms with Gasteiger partial charge in [-0.15, -0.1) is 11.8 Å². The third-order valence-corrected chi connectivity index (χ3v) is 6.69. The first-order valence-electron chi connectivity index (χ1n) is 8.46. The van der Waals surface area contributed by atoms with Crippen molar-refractivity contribution in [2.45, 2.75) is 16.3 Å². The summed E-state index contributed by atoms with van der Waals surface area (Å²) in [5.74, 6) is -0.0634. The van der Waals surface area contributed by atoms with E-state index in [4.69, 9.17) is 16.0 Å². The van der Waals surface area contributed by atoms with Gasteiger partial charge in [-0.3, -0.25) is 4.79 Å². The number of rotatable bonds is 8. The zero-order valence-corrected chi connectivity index (χ0v) is 17.8. The molecule has 0 aliphatic heterocycles. The Bertz CT molecular complexity index is 1050. The van der Waals surface area contributed by atoms with Crippen molar-refractivity contribution in [3.63, 3.8) is 0 Å². The van der Waals surface area contributed by atoms with Gasteiger partial charge in [0, 0.05) is 16.8 Å². The molecule has 10 heteroatoms. The van der Waals surface area contributed by atoms with E-state index < -0.39 is 22.5 Å². The number of sulfonamides is 1. The molecule has 2 aromatic heterocycles. The van der Waals surface area contributed by atoms with Crippen molar-refractivity contribution in [1.29, 1.82) is 0 Å². The van der Waals surface area contributed by atoms with Crippen molar-refractivity contribution < 1.29 is 17.6 Å². The summed E-state index contributed by atoms with van der Waals surface area (Å²) >= 11 is 7.34. The van der Waals surface area contributed by atoms with Crippen molar-refractivity contribution in [3.05, 3.63) is 71.9 Å². The highest BCUT2D eigenvalue weighted by atomic mass is 35.5. The van der Waals surface area contributed by atoms with E-state index >= 15 is 0 Å². The molecule has 0 spiro atoms. The molecule has 0 aliphatic carbocycles. The molecule has 0 radical (unpaired) electrons. The predicted octanol–water partition coefficient (Wildman–Crippen LogP) is 3.88. The van der Waals surface area contributed by atoms with E-state index in [1.165, 1.54) is 18.4 Å². The first-order valence-corrected chi connectivity index (χ1v) is 11.5. The zero-order valence-electron chi connectivity index (χ0n) is 15.4. The van der Waals surface area contributed by atoms with Crippen LogP contribution in [-0.2, 0) is 21.4 Å². The molecule has 1 aromatic carbocycles. The van der Waals surface area contributed by atoms with Gasteiger partial charge in [-0.1, -0.05) is 11.6 Å². The minimum atomic E-state index is -4.00. The minimum Gasteiger partial charge on any atom is -0.468 e. The Balaban J connectivity index is 1.80. The first kappa shape index (κ1) is 21.4. The molecule has 0 aliphatic rings. The maximum absolute atomic E-state index is 13.1. The van der Waals surface area contributed by atoms with Gasteiger partial charge < -0.3 is 9.73 Å². The number of halogens is 1. The van der Waals surface area contributed by atoms with Crippen LogP contribution < -0.4 is 5.32 Å². The highest BCUT2D eigenvalue weighted by Crippen LogP contribution is 2.20. The fourth-order valence-electron chi connectivity index (χ4n) is 2.50. The molecule has 2 heterocycles. The molecular weight excluding hydrogens is 434 g/mol. The number of aromatic nitrogens is 1. The lowest BCUT2D eigenvalue weighted by molar-refractivity contribution is -0.116. The van der Waals surface area contributed by atoms with Gasteiger partial charge >= 0.3 is 0 Å². The van der Waals surface area contributed by atoms with Gasteiger partial charge in [0.05, 0.1) is 19.4 Å². The predicted molar refractivity (Wildman–Crippen MR) is 112 cm³/mol. The Hall–Kier alpha value is -2.33. The Labute approximate surface area is 178 Å². The summed E-state index contributed by atoms with van der Waals surface area (Å²) in [6.07, 6.45) is 4.56. The van der Waals surface area contributed by atoms with Crippen molar-refractivity contribution in [1.82, 2.24) is 9.29 Å². The van der Waals surface area contributed by atoms with Crippen LogP contribution in [0.2, 0.25) is 5.15 Å². The highest BCUT2D eigenvalue weighted by molar-refractivity contribution is 7.98. The second kappa shape index (κ2) is 9.45. The summed E-state index contributed by atoms with van der Waals surface area (Å²) in [5, 5.41) is 2.89. The molecule has 0 saturated heterocycles. The number of amides is 1. The molecule has 0 saturated carbocycles. The molecule has 1 amide bonds. The molecular formula is C19H18ClN3O4S2. The third-order valence-electron chi connectivity index (χ3n) is 3.94. The van der Waals surface area contributed by atoms with Crippen LogP contribution in [-0.4, -0.2) is 36.4 Å². The smallest absolute Gasteiger partial charge is 0.245 e. The lowest BCUT2D eigenvalue weighted by atomic mass is 10.3. The molecule has 1 N–H and O–H groups in total. The van der Waals surface area contributed by atoms with Gasteiger partial charge in [0.1, 0.15) is 15.8 Å². The molecule has 3 aromatic rings. The number of carbonyl (C=O) groups excluding carboxylic acids is 1. The second-order valence-electron chi connectivity index (χ2n) is 5.95. The number of nitrogens with one attached hydrogen (secondary N) is 1. The summed E-state index contributed by atoms with van der Waals surface area (Å²) in [4.78, 5) is 17.4. The van der Waals surface area contributed by atoms with Crippen LogP contribution in [0.15, 0.2) is 75.2 Å². The number of pyridine rings is 1. The van der Waals surface area contributed by atoms with E-state index in [0.29, 0.717) is 11.4 Å². The molecule has 0 unspecified atom stereocenters. The van der Waals surface area contributed by atoms with Crippen LogP contribution in [0.5, 0.6) is 0 Å². The molecule has 3 rings (SSSR count). The Morgan fingerprint density at radius 3 is 2.55 bits per heavy atom. The van der Waals surface area contributed by atoms with Gasteiger partial charge in [0.15, 0.2) is 0 Å². The molecule has 0 bridgehead atoms. The van der Waals surface area contributed by atoms with Crippen molar-refractivity contribution >= 4 is 45.0 Å². The molecule has 0 fully saturated rings. The average molecular weight is 452 g/mol. The van der Waals surface area contributed by atoms with Crippen molar-refractivity contribution in [2.24, 2.45) is 0 Å². The summed E-state index contributed by atoms with van der Waals surface area (Å²) in [7, 11) is -4.00. The van der Waals surface area contributed by atoms with Crippen LogP contribution in [0.3, 0.4) is 0 Å². The number of furan rings is 1. The number of benzene rings is 1. The van der Waals surface area contributed by atoms with E-state index in [-0.39, 0.29) is 16.6 Å². The molecule has 29 heavy (non-hydrogen) atoms. The molecule has 152 valence electrons. The average Bonchev–Trinajstić information content (AvgIpc) is 3.21. The zero-order chi connectivity index (χ0) is 20.9. The van der Waals surface area contributed by atoms with Crippen LogP contribution in [0.1, 0.15) is 5.76 Å². The van der Waals surface area contributed by atoms with Gasteiger partial charge in [-0.05, 0) is 54.8 Å². The SMILES string of the molecule is CSc1ccc(NC(=O)CN(Cc2ccco2)S(=O)(=O)c2ccc(Cl)nc2)cc1. The minimum absolute atomic E-state index is 0.0643. The highest BCUT2D eigenvalue weighted by Gasteiger charge is 2.28. The monoisotopic (exact) mass is 451 g/mol. The van der Waals surface area contributed by atoms with E-state index in [0.717, 1.165) is 15.4 Å². The summed E-state index contributed by atoms with van der Waals surface area (Å²) < 4.78 is 32.4. The van der Waals surface area contributed by atoms with Crippen LogP contribution in [0, 0.1) is 0 Å². The molecule has 7 nitrogen and oxygen atoms in total. The summed E-state index contributed by atoms with van der Waals surface area (Å²) in [6, 6.07) is 13.3. The van der Waals surface area contributed by atoms with Crippen LogP contribution >= 0.6 is 23.4 Å². The van der Waals surface area contributed by atoms with Crippen LogP contribution in [0.25, 0.3) is 0 Å². The number of hydrogen-bond donors (Lipinski definition) is 1. The van der Waals surface area contributed by atoms with Crippen LogP contribution in [0.4, 0.5) is 5.69 Å². The maximum atomic E-state index is 13.1. The Kier molecular flexibility index (Phi) is 6.96. The van der Waals surface area contributed by atoms with Gasteiger partial charge in [0.2, 0.25) is 15.9 Å². The number of anilines is 1. The number of hydrogen-bond acceptors (Lipinski definition) is 6. The fourth-order valence-corrected chi connectivity index (χ4v) is 4.33. The van der Waals surface area contributed by atoms with Crippen molar-refractivity contribution in [3.8, 4) is 0 Å². The number of thioether (sulfide) groups is 1. The number of nitrogens with zero attached hydrogens (tertiary/aromatic N) is 2. The van der Waals surface area contributed by atoms with Crippen molar-refractivity contribution in [2.75, 3.05) is 18.1 Å². The topological polar surface area (TPSA) is 92.5 Å². The second-order valence-corrected chi connectivity index (χ2v) is 9.15. The van der Waals surface area contributed by atoms with E-state index in [9.17, 15) is 13.2 Å². The maximum Gasteiger partial charge on any atom is 0.245 e. The lowest BCUT2D eigenvalue weighted by Crippen LogP contribution is -2.37. The standard InChI is InChI=1S/C19H18ClN3O4S2/c1-28-16-6-4-14(5-7-16)22-19(24)13-23(12-15-3-2-10-27-15)29(25,26)17-8-9-18(20)21-11-17/h2-11H,12-13H2,1H3,(H,22,24). The van der Waals surface area contributed by atoms with Gasteiger partial charge in [-0.25, -0.2) is 13.4 Å². The summed E-state index contributed by atoms with van der Waals surface area (Å²) in [5.41, 5.74) is 0.580. The summed E-state index contributed by atoms with van der Waals surface area (Å²) in [6.45, 7) is -0.493. The Morgan fingerprint density at radius 2 is 1.97 bits per heavy atom. The van der Waals surface area contributed by atoms with E-state index in [1.807, 2.05) is 18.4 Å². The lowest BCUT2D eigenvalue weighted by Gasteiger charge is -2.20. The number of carbonyl (C=O) groups is 1. The fraction of sp³-hybridized carbons (Fsp3) is 0.158. The Morgan fingerprint density at radius 1 is 1.21 bits per heavy atom. The van der Waals surface area contributed by atoms with E-state index in [2.05, 4.69) is 10.3 Å². The van der Waals surface area contributed by atoms with Gasteiger partial charge in [0.25, 0.3) is 0 Å². The van der Waals surface area contributed by atoms with E-state index in [1.54, 1.807) is 36.0 Å². The van der Waals surface area contributed by atoms with Gasteiger partial charge in [-0.2, -0.15) is 4.31 Å². The molecule has 0 atom stereocenters. The largest absolute Gasteiger partial charge is 0.468 e. The third kappa shape index (κ3) is 5.60. The normalized spacial score (nSPS) is 11.6. The quantitative estimate of drug-likeness (QED) is 0.412.